The average molecular weight is 404 g/mol. The molecular formula is C12H28ArO12. The van der Waals surface area contributed by atoms with Crippen LogP contribution in [-0.4, -0.2) is 137 Å². The van der Waals surface area contributed by atoms with Gasteiger partial charge in [-0.2, -0.15) is 0 Å². The van der Waals surface area contributed by atoms with E-state index in [9.17, 15) is 0 Å². The van der Waals surface area contributed by atoms with Crippen LogP contribution < -0.4 is 0 Å². The molecule has 156 valence electrons. The van der Waals surface area contributed by atoms with Gasteiger partial charge in [-0.1, -0.05) is 0 Å². The minimum Gasteiger partial charge on any atom is -0.394 e. The molecule has 13 heteroatoms. The molecule has 0 fully saturated rings. The molecule has 0 unspecified atom stereocenters. The summed E-state index contributed by atoms with van der Waals surface area (Å²) in [5.41, 5.74) is 0. The zero-order valence-electron chi connectivity index (χ0n) is 13.2. The predicted molar refractivity (Wildman–Crippen MR) is 76.4 cm³/mol. The summed E-state index contributed by atoms with van der Waals surface area (Å²) in [7, 11) is 0. The van der Waals surface area contributed by atoms with Gasteiger partial charge in [0.2, 0.25) is 0 Å². The van der Waals surface area contributed by atoms with Crippen LogP contribution in [0.15, 0.2) is 0 Å². The molecule has 0 saturated carbocycles. The third kappa shape index (κ3) is 12.0. The molecule has 25 heavy (non-hydrogen) atoms. The maximum Gasteiger partial charge on any atom is 0.111 e. The van der Waals surface area contributed by atoms with Crippen LogP contribution in [0.4, 0.5) is 0 Å². The molecule has 0 aromatic heterocycles. The van der Waals surface area contributed by atoms with E-state index in [4.69, 9.17) is 61.3 Å². The Morgan fingerprint density at radius 1 is 0.360 bits per heavy atom. The second-order valence-electron chi connectivity index (χ2n) is 4.96. The van der Waals surface area contributed by atoms with Crippen molar-refractivity contribution in [2.24, 2.45) is 0 Å². The fourth-order valence-corrected chi connectivity index (χ4v) is 1.34. The van der Waals surface area contributed by atoms with Gasteiger partial charge < -0.3 is 61.3 Å². The van der Waals surface area contributed by atoms with Crippen LogP contribution in [0.2, 0.25) is 0 Å². The Kier molecular flexibility index (Phi) is 20.6. The van der Waals surface area contributed by atoms with Crippen LogP contribution in [-0.2, 0) is 0 Å². The largest absolute Gasteiger partial charge is 0.394 e. The van der Waals surface area contributed by atoms with Crippen LogP contribution in [0.1, 0.15) is 0 Å². The average Bonchev–Trinajstić information content (AvgIpc) is 2.62. The Morgan fingerprint density at radius 3 is 0.560 bits per heavy atom. The molecule has 0 aliphatic rings. The number of aliphatic hydroxyl groups excluding tert-OH is 12. The Morgan fingerprint density at radius 2 is 0.480 bits per heavy atom. The summed E-state index contributed by atoms with van der Waals surface area (Å²) in [4.78, 5) is 0. The number of rotatable bonds is 10. The van der Waals surface area contributed by atoms with Crippen molar-refractivity contribution in [3.05, 3.63) is 0 Å². The van der Waals surface area contributed by atoms with Crippen molar-refractivity contribution in [2.75, 3.05) is 26.4 Å². The standard InChI is InChI=1S/2C6H14O6.Ar/c2*7-1-3(9)5(11)6(12)4(10)2-8;/h2*3-12H,1-2H2;/t2*3-,4-,5-,6-;/m11./s1. The summed E-state index contributed by atoms with van der Waals surface area (Å²) in [6.45, 7) is -2.90. The van der Waals surface area contributed by atoms with E-state index >= 15 is 0 Å². The molecule has 0 aromatic carbocycles. The van der Waals surface area contributed by atoms with Gasteiger partial charge in [-0.05, 0) is 0 Å². The zero-order chi connectivity index (χ0) is 19.4. The van der Waals surface area contributed by atoms with Crippen LogP contribution in [0.3, 0.4) is 0 Å². The SMILES string of the molecule is OC[C@@H](O)[C@@H](O)[C@H](O)[C@H](O)CO.OC[C@@H](O)[C@@H](O)[C@H](O)[C@H](O)CO.[Ar]. The second-order valence-corrected chi connectivity index (χ2v) is 4.96. The monoisotopic (exact) mass is 404 g/mol. The van der Waals surface area contributed by atoms with Crippen molar-refractivity contribution in [2.45, 2.75) is 48.8 Å². The van der Waals surface area contributed by atoms with E-state index in [-0.39, 0.29) is 37.7 Å². The quantitative estimate of drug-likeness (QED) is 0.162. The molecule has 0 rings (SSSR count). The van der Waals surface area contributed by atoms with E-state index in [1.165, 1.54) is 0 Å². The van der Waals surface area contributed by atoms with E-state index in [0.29, 0.717) is 0 Å². The van der Waals surface area contributed by atoms with Gasteiger partial charge in [0.25, 0.3) is 0 Å². The molecule has 0 aliphatic heterocycles. The molecule has 12 nitrogen and oxygen atoms in total. The van der Waals surface area contributed by atoms with Gasteiger partial charge in [-0.15, -0.1) is 0 Å². The minimum atomic E-state index is -1.67. The summed E-state index contributed by atoms with van der Waals surface area (Å²) in [5, 5.41) is 104. The summed E-state index contributed by atoms with van der Waals surface area (Å²) >= 11 is 0. The smallest absolute Gasteiger partial charge is 0.111 e. The summed E-state index contributed by atoms with van der Waals surface area (Å²) in [6.07, 6.45) is -12.8. The molecule has 0 spiro atoms. The first-order chi connectivity index (χ1) is 11.1. The minimum absolute atomic E-state index is 0. The van der Waals surface area contributed by atoms with Crippen LogP contribution >= 0.6 is 0 Å². The molecule has 0 saturated heterocycles. The van der Waals surface area contributed by atoms with Crippen molar-refractivity contribution >= 4 is 0 Å². The van der Waals surface area contributed by atoms with Gasteiger partial charge in [0.05, 0.1) is 26.4 Å². The summed E-state index contributed by atoms with van der Waals surface area (Å²) < 4.78 is 0. The first kappa shape index (κ1) is 30.5. The third-order valence-electron chi connectivity index (χ3n) is 3.02. The Balaban J connectivity index is -0.000000372. The number of hydrogen-bond donors (Lipinski definition) is 12. The Labute approximate surface area is 173 Å². The number of hydrogen-bond acceptors (Lipinski definition) is 12. The molecule has 0 aliphatic carbocycles. The van der Waals surface area contributed by atoms with Crippen LogP contribution in [0.25, 0.3) is 0 Å². The van der Waals surface area contributed by atoms with Crippen molar-refractivity contribution < 1.29 is 99.0 Å². The first-order valence-corrected chi connectivity index (χ1v) is 6.96. The normalized spacial score (nSPS) is 20.6. The molecule has 0 aromatic rings. The van der Waals surface area contributed by atoms with Crippen molar-refractivity contribution in [3.8, 4) is 0 Å². The zero-order valence-corrected chi connectivity index (χ0v) is 13.9. The maximum absolute atomic E-state index is 8.96. The van der Waals surface area contributed by atoms with Crippen molar-refractivity contribution in [3.63, 3.8) is 0 Å². The summed E-state index contributed by atoms with van der Waals surface area (Å²) in [6, 6.07) is 0. The van der Waals surface area contributed by atoms with Gasteiger partial charge in [-0.3, -0.25) is 0 Å². The molecule has 0 bridgehead atoms. The maximum atomic E-state index is 8.96. The third-order valence-corrected chi connectivity index (χ3v) is 3.02. The molecule has 0 heterocycles. The second kappa shape index (κ2) is 16.9. The van der Waals surface area contributed by atoms with E-state index in [1.54, 1.807) is 0 Å². The fraction of sp³-hybridized carbons (Fsp3) is 1.00. The molecule has 0 amide bonds. The fourth-order valence-electron chi connectivity index (χ4n) is 1.34. The van der Waals surface area contributed by atoms with E-state index in [1.807, 2.05) is 0 Å². The van der Waals surface area contributed by atoms with E-state index in [0.717, 1.165) is 0 Å². The Bertz CT molecular complexity index is 243. The Hall–Kier alpha value is 0.780. The van der Waals surface area contributed by atoms with Gasteiger partial charge in [-0.25, -0.2) is 0 Å². The van der Waals surface area contributed by atoms with Gasteiger partial charge in [0, 0.05) is 37.7 Å². The van der Waals surface area contributed by atoms with Crippen LogP contribution in [0.5, 0.6) is 0 Å². The predicted octanol–water partition coefficient (Wildman–Crippen LogP) is -7.17. The molecule has 8 atom stereocenters. The molecule has 12 N–H and O–H groups in total. The molecule has 0 radical (unpaired) electrons. The topological polar surface area (TPSA) is 243 Å². The van der Waals surface area contributed by atoms with Gasteiger partial charge >= 0.3 is 0 Å². The first-order valence-electron chi connectivity index (χ1n) is 6.96. The van der Waals surface area contributed by atoms with Gasteiger partial charge in [0.15, 0.2) is 0 Å². The van der Waals surface area contributed by atoms with E-state index < -0.39 is 75.3 Å². The summed E-state index contributed by atoms with van der Waals surface area (Å²) in [5.74, 6) is 0. The number of aliphatic hydroxyl groups is 12. The molecular weight excluding hydrogens is 376 g/mol. The van der Waals surface area contributed by atoms with E-state index in [2.05, 4.69) is 0 Å². The van der Waals surface area contributed by atoms with Crippen molar-refractivity contribution in [1.29, 1.82) is 0 Å². The van der Waals surface area contributed by atoms with Gasteiger partial charge in [0.1, 0.15) is 48.8 Å². The van der Waals surface area contributed by atoms with Crippen LogP contribution in [0, 0.1) is 37.7 Å². The van der Waals surface area contributed by atoms with Crippen molar-refractivity contribution in [1.82, 2.24) is 0 Å².